The molecule has 18 heavy (non-hydrogen) atoms. The molecule has 1 rings (SSSR count). The molecule has 0 heterocycles. The summed E-state index contributed by atoms with van der Waals surface area (Å²) in [5.74, 6) is -4.05. The van der Waals surface area contributed by atoms with E-state index < -0.39 is 46.0 Å². The third-order valence-corrected chi connectivity index (χ3v) is 2.42. The number of esters is 1. The van der Waals surface area contributed by atoms with Gasteiger partial charge in [-0.2, -0.15) is 0 Å². The molecule has 6 heteroatoms. The normalized spacial score (nSPS) is 10.4. The highest BCUT2D eigenvalue weighted by molar-refractivity contribution is 6.07. The third kappa shape index (κ3) is 2.22. The largest absolute Gasteiger partial charge is 0.507 e. The van der Waals surface area contributed by atoms with Crippen LogP contribution < -0.4 is 0 Å². The van der Waals surface area contributed by atoms with Crippen molar-refractivity contribution in [1.82, 2.24) is 0 Å². The Labute approximate surface area is 103 Å². The van der Waals surface area contributed by atoms with Crippen molar-refractivity contribution in [3.8, 4) is 17.2 Å². The molecular weight excluding hydrogens is 240 g/mol. The summed E-state index contributed by atoms with van der Waals surface area (Å²) in [5, 5.41) is 28.9. The van der Waals surface area contributed by atoms with Crippen molar-refractivity contribution < 1.29 is 29.6 Å². The van der Waals surface area contributed by atoms with E-state index in [2.05, 4.69) is 4.74 Å². The second kappa shape index (κ2) is 4.95. The number of hydrogen-bond acceptors (Lipinski definition) is 6. The number of benzene rings is 1. The van der Waals surface area contributed by atoms with Crippen LogP contribution in [0.3, 0.4) is 0 Å². The number of carbonyl (C=O) groups excluding carboxylic acids is 2. The van der Waals surface area contributed by atoms with Crippen molar-refractivity contribution in [2.45, 2.75) is 13.8 Å². The van der Waals surface area contributed by atoms with Crippen LogP contribution in [0.4, 0.5) is 0 Å². The molecule has 0 bridgehead atoms. The van der Waals surface area contributed by atoms with Gasteiger partial charge in [0.15, 0.2) is 5.78 Å². The number of ketones is 1. The van der Waals surface area contributed by atoms with E-state index in [1.165, 1.54) is 0 Å². The lowest BCUT2D eigenvalue weighted by molar-refractivity contribution is 0.0594. The number of phenols is 3. The molecule has 0 saturated heterocycles. The van der Waals surface area contributed by atoms with Crippen LogP contribution in [0.15, 0.2) is 6.07 Å². The highest BCUT2D eigenvalue weighted by Gasteiger charge is 2.28. The minimum atomic E-state index is -0.997. The van der Waals surface area contributed by atoms with Gasteiger partial charge in [-0.1, -0.05) is 13.8 Å². The van der Waals surface area contributed by atoms with Crippen LogP contribution in [0.25, 0.3) is 0 Å². The molecule has 3 N–H and O–H groups in total. The number of rotatable bonds is 3. The summed E-state index contributed by atoms with van der Waals surface area (Å²) in [4.78, 5) is 23.2. The van der Waals surface area contributed by atoms with Crippen LogP contribution in [0, 0.1) is 5.92 Å². The van der Waals surface area contributed by atoms with E-state index in [-0.39, 0.29) is 0 Å². The van der Waals surface area contributed by atoms with Gasteiger partial charge < -0.3 is 20.1 Å². The summed E-state index contributed by atoms with van der Waals surface area (Å²) >= 11 is 0. The van der Waals surface area contributed by atoms with Gasteiger partial charge in [-0.3, -0.25) is 4.79 Å². The number of carbonyl (C=O) groups is 2. The number of hydrogen-bond donors (Lipinski definition) is 3. The van der Waals surface area contributed by atoms with Crippen molar-refractivity contribution in [2.75, 3.05) is 7.11 Å². The molecular formula is C12H14O6. The molecule has 0 fully saturated rings. The summed E-state index contributed by atoms with van der Waals surface area (Å²) in [6.45, 7) is 3.15. The van der Waals surface area contributed by atoms with Crippen LogP contribution in [0.2, 0.25) is 0 Å². The van der Waals surface area contributed by atoms with E-state index in [1.54, 1.807) is 13.8 Å². The fourth-order valence-corrected chi connectivity index (χ4v) is 1.48. The number of methoxy groups -OCH3 is 1. The Hall–Kier alpha value is -2.24. The Kier molecular flexibility index (Phi) is 3.80. The Morgan fingerprint density at radius 1 is 1.11 bits per heavy atom. The lowest BCUT2D eigenvalue weighted by Gasteiger charge is -2.12. The topological polar surface area (TPSA) is 104 Å². The van der Waals surface area contributed by atoms with Gasteiger partial charge in [-0.25, -0.2) is 4.79 Å². The van der Waals surface area contributed by atoms with Gasteiger partial charge in [0.1, 0.15) is 28.4 Å². The predicted octanol–water partition coefficient (Wildman–Crippen LogP) is 1.43. The summed E-state index contributed by atoms with van der Waals surface area (Å²) in [5.41, 5.74) is -0.942. The second-order valence-electron chi connectivity index (χ2n) is 4.02. The van der Waals surface area contributed by atoms with Gasteiger partial charge >= 0.3 is 5.97 Å². The maximum atomic E-state index is 11.8. The lowest BCUT2D eigenvalue weighted by Crippen LogP contribution is -2.11. The van der Waals surface area contributed by atoms with Crippen molar-refractivity contribution >= 4 is 11.8 Å². The molecule has 1 aromatic rings. The van der Waals surface area contributed by atoms with Crippen LogP contribution in [-0.2, 0) is 4.74 Å². The predicted molar refractivity (Wildman–Crippen MR) is 61.9 cm³/mol. The Morgan fingerprint density at radius 3 is 2.06 bits per heavy atom. The first-order chi connectivity index (χ1) is 8.31. The summed E-state index contributed by atoms with van der Waals surface area (Å²) in [7, 11) is 1.07. The minimum Gasteiger partial charge on any atom is -0.507 e. The summed E-state index contributed by atoms with van der Waals surface area (Å²) in [6, 6.07) is 0.821. The Balaban J connectivity index is 3.55. The van der Waals surface area contributed by atoms with Crippen LogP contribution in [0.1, 0.15) is 34.6 Å². The van der Waals surface area contributed by atoms with Gasteiger partial charge in [-0.05, 0) is 0 Å². The summed E-state index contributed by atoms with van der Waals surface area (Å²) < 4.78 is 4.38. The van der Waals surface area contributed by atoms with Crippen molar-refractivity contribution in [3.05, 3.63) is 17.2 Å². The van der Waals surface area contributed by atoms with E-state index >= 15 is 0 Å². The van der Waals surface area contributed by atoms with E-state index in [1.807, 2.05) is 0 Å². The molecule has 0 spiro atoms. The Morgan fingerprint density at radius 2 is 1.61 bits per heavy atom. The van der Waals surface area contributed by atoms with Crippen LogP contribution >= 0.6 is 0 Å². The van der Waals surface area contributed by atoms with Gasteiger partial charge in [0, 0.05) is 12.0 Å². The van der Waals surface area contributed by atoms with Crippen molar-refractivity contribution in [1.29, 1.82) is 0 Å². The molecule has 98 valence electrons. The SMILES string of the molecule is COC(=O)c1c(O)cc(O)c(C(=O)C(C)C)c1O. The molecule has 0 atom stereocenters. The molecule has 0 aromatic heterocycles. The fourth-order valence-electron chi connectivity index (χ4n) is 1.48. The van der Waals surface area contributed by atoms with Gasteiger partial charge in [0.05, 0.1) is 7.11 Å². The number of ether oxygens (including phenoxy) is 1. The molecule has 1 aromatic carbocycles. The molecule has 0 amide bonds. The molecule has 0 aliphatic carbocycles. The zero-order chi connectivity index (χ0) is 14.0. The highest BCUT2D eigenvalue weighted by atomic mass is 16.5. The second-order valence-corrected chi connectivity index (χ2v) is 4.02. The minimum absolute atomic E-state index is 0.400. The zero-order valence-electron chi connectivity index (χ0n) is 10.2. The van der Waals surface area contributed by atoms with Crippen molar-refractivity contribution in [2.24, 2.45) is 5.92 Å². The molecule has 0 aliphatic rings. The third-order valence-electron chi connectivity index (χ3n) is 2.42. The monoisotopic (exact) mass is 254 g/mol. The van der Waals surface area contributed by atoms with Crippen LogP contribution in [0.5, 0.6) is 17.2 Å². The Bertz CT molecular complexity index is 504. The molecule has 0 unspecified atom stereocenters. The molecule has 0 aliphatic heterocycles. The van der Waals surface area contributed by atoms with Gasteiger partial charge in [0.2, 0.25) is 0 Å². The lowest BCUT2D eigenvalue weighted by atomic mass is 9.96. The standard InChI is InChI=1S/C12H14O6/c1-5(2)10(15)8-6(13)4-7(14)9(11(8)16)12(17)18-3/h4-5,13-14,16H,1-3H3. The fraction of sp³-hybridized carbons (Fsp3) is 0.333. The zero-order valence-corrected chi connectivity index (χ0v) is 10.2. The maximum Gasteiger partial charge on any atom is 0.345 e. The molecule has 0 radical (unpaired) electrons. The average molecular weight is 254 g/mol. The van der Waals surface area contributed by atoms with Crippen LogP contribution in [-0.4, -0.2) is 34.2 Å². The number of Topliss-reactive ketones (excluding diaryl/α,β-unsaturated/α-hetero) is 1. The first-order valence-corrected chi connectivity index (χ1v) is 5.21. The highest BCUT2D eigenvalue weighted by Crippen LogP contribution is 2.38. The molecule has 0 saturated carbocycles. The quantitative estimate of drug-likeness (QED) is 0.556. The first-order valence-electron chi connectivity index (χ1n) is 5.21. The van der Waals surface area contributed by atoms with E-state index in [9.17, 15) is 24.9 Å². The smallest absolute Gasteiger partial charge is 0.345 e. The van der Waals surface area contributed by atoms with Gasteiger partial charge in [0.25, 0.3) is 0 Å². The average Bonchev–Trinajstić information content (AvgIpc) is 2.27. The van der Waals surface area contributed by atoms with Crippen molar-refractivity contribution in [3.63, 3.8) is 0 Å². The van der Waals surface area contributed by atoms with Gasteiger partial charge in [-0.15, -0.1) is 0 Å². The first kappa shape index (κ1) is 13.8. The molecule has 6 nitrogen and oxygen atoms in total. The van der Waals surface area contributed by atoms with E-state index in [4.69, 9.17) is 0 Å². The number of aromatic hydroxyl groups is 3. The summed E-state index contributed by atoms with van der Waals surface area (Å²) in [6.07, 6.45) is 0. The van der Waals surface area contributed by atoms with E-state index in [0.29, 0.717) is 0 Å². The number of phenolic OH excluding ortho intramolecular Hbond substituents is 3. The maximum absolute atomic E-state index is 11.8. The van der Waals surface area contributed by atoms with E-state index in [0.717, 1.165) is 13.2 Å².